The summed E-state index contributed by atoms with van der Waals surface area (Å²) in [5.74, 6) is -4.84. The molecule has 2 rings (SSSR count). The number of rotatable bonds is 8. The lowest BCUT2D eigenvalue weighted by atomic mass is 9.75. The van der Waals surface area contributed by atoms with Crippen molar-refractivity contribution in [3.8, 4) is 0 Å². The third kappa shape index (κ3) is 5.74. The molecule has 0 aliphatic carbocycles. The van der Waals surface area contributed by atoms with Crippen molar-refractivity contribution in [3.05, 3.63) is 77.4 Å². The average molecular weight is 416 g/mol. The minimum Gasteiger partial charge on any atom is -0.426 e. The van der Waals surface area contributed by atoms with Crippen molar-refractivity contribution in [3.63, 3.8) is 0 Å². The van der Waals surface area contributed by atoms with Gasteiger partial charge in [-0.3, -0.25) is 14.5 Å². The molecular weight excluding hydrogens is 393 g/mol. The highest BCUT2D eigenvalue weighted by atomic mass is 19.1. The Balaban J connectivity index is 2.21. The van der Waals surface area contributed by atoms with Crippen LogP contribution in [0.4, 0.5) is 14.5 Å². The first-order chi connectivity index (χ1) is 14.1. The van der Waals surface area contributed by atoms with Crippen molar-refractivity contribution in [2.45, 2.75) is 26.2 Å². The van der Waals surface area contributed by atoms with Crippen LogP contribution in [0.15, 0.2) is 49.1 Å². The van der Waals surface area contributed by atoms with Gasteiger partial charge in [0.15, 0.2) is 0 Å². The third-order valence-electron chi connectivity index (χ3n) is 4.59. The molecule has 0 fully saturated rings. The summed E-state index contributed by atoms with van der Waals surface area (Å²) in [5, 5.41) is 21.8. The van der Waals surface area contributed by atoms with Crippen molar-refractivity contribution in [2.75, 3.05) is 11.4 Å². The van der Waals surface area contributed by atoms with Crippen LogP contribution in [-0.2, 0) is 16.0 Å². The number of nitrogens with zero attached hydrogens (tertiary/aromatic N) is 1. The molecule has 3 N–H and O–H groups in total. The molecule has 2 aromatic rings. The monoisotopic (exact) mass is 416 g/mol. The zero-order valence-corrected chi connectivity index (χ0v) is 16.7. The highest BCUT2D eigenvalue weighted by Crippen LogP contribution is 2.23. The van der Waals surface area contributed by atoms with Crippen LogP contribution < -0.4 is 10.2 Å². The van der Waals surface area contributed by atoms with Crippen molar-refractivity contribution >= 4 is 24.6 Å². The Morgan fingerprint density at radius 1 is 1.20 bits per heavy atom. The van der Waals surface area contributed by atoms with E-state index in [1.165, 1.54) is 0 Å². The number of benzene rings is 2. The van der Waals surface area contributed by atoms with Crippen LogP contribution in [0.5, 0.6) is 0 Å². The zero-order chi connectivity index (χ0) is 22.4. The number of carbonyl (C=O) groups is 2. The SMILES string of the molecule is C=CC(=O)N(CC(=O)N[C@@H](Cc1ccc(C)cc1C)B(O)O)c1c(F)cccc1F. The summed E-state index contributed by atoms with van der Waals surface area (Å²) in [6, 6.07) is 8.64. The number of nitrogens with one attached hydrogen (secondary N) is 1. The molecule has 0 bridgehead atoms. The summed E-state index contributed by atoms with van der Waals surface area (Å²) < 4.78 is 28.2. The van der Waals surface area contributed by atoms with Gasteiger partial charge in [-0.1, -0.05) is 36.4 Å². The smallest absolute Gasteiger partial charge is 0.426 e. The summed E-state index contributed by atoms with van der Waals surface area (Å²) in [6.45, 7) is 6.33. The van der Waals surface area contributed by atoms with Gasteiger partial charge in [0.25, 0.3) is 5.91 Å². The van der Waals surface area contributed by atoms with Crippen LogP contribution in [0.1, 0.15) is 16.7 Å². The normalized spacial score (nSPS) is 11.5. The first kappa shape index (κ1) is 23.2. The molecule has 6 nitrogen and oxygen atoms in total. The average Bonchev–Trinajstić information content (AvgIpc) is 2.67. The lowest BCUT2D eigenvalue weighted by molar-refractivity contribution is -0.122. The van der Waals surface area contributed by atoms with Gasteiger partial charge in [-0.05, 0) is 49.6 Å². The zero-order valence-electron chi connectivity index (χ0n) is 16.7. The molecule has 0 aliphatic rings. The Morgan fingerprint density at radius 2 is 1.83 bits per heavy atom. The summed E-state index contributed by atoms with van der Waals surface area (Å²) in [5.41, 5.74) is 2.05. The molecule has 158 valence electrons. The van der Waals surface area contributed by atoms with Gasteiger partial charge in [0.05, 0.1) is 5.94 Å². The van der Waals surface area contributed by atoms with Gasteiger partial charge in [-0.25, -0.2) is 8.78 Å². The van der Waals surface area contributed by atoms with E-state index in [-0.39, 0.29) is 6.42 Å². The number of para-hydroxylation sites is 1. The largest absolute Gasteiger partial charge is 0.475 e. The van der Waals surface area contributed by atoms with Crippen molar-refractivity contribution in [2.24, 2.45) is 0 Å². The number of carbonyl (C=O) groups excluding carboxylic acids is 2. The van der Waals surface area contributed by atoms with Gasteiger partial charge in [-0.15, -0.1) is 0 Å². The maximum absolute atomic E-state index is 14.1. The Hall–Kier alpha value is -3.04. The molecule has 2 aromatic carbocycles. The predicted octanol–water partition coefficient (Wildman–Crippen LogP) is 1.84. The molecule has 0 spiro atoms. The Labute approximate surface area is 174 Å². The maximum atomic E-state index is 14.1. The molecule has 0 aromatic heterocycles. The third-order valence-corrected chi connectivity index (χ3v) is 4.59. The van der Waals surface area contributed by atoms with Crippen molar-refractivity contribution in [1.82, 2.24) is 5.32 Å². The number of amides is 2. The highest BCUT2D eigenvalue weighted by Gasteiger charge is 2.29. The predicted molar refractivity (Wildman–Crippen MR) is 111 cm³/mol. The minimum atomic E-state index is -1.89. The van der Waals surface area contributed by atoms with E-state index in [9.17, 15) is 28.4 Å². The van der Waals surface area contributed by atoms with E-state index in [0.717, 1.165) is 41.0 Å². The van der Waals surface area contributed by atoms with Crippen LogP contribution in [0.25, 0.3) is 0 Å². The molecule has 30 heavy (non-hydrogen) atoms. The second kappa shape index (κ2) is 10.1. The second-order valence-electron chi connectivity index (χ2n) is 6.92. The van der Waals surface area contributed by atoms with Crippen LogP contribution >= 0.6 is 0 Å². The van der Waals surface area contributed by atoms with Gasteiger partial charge >= 0.3 is 7.12 Å². The quantitative estimate of drug-likeness (QED) is 0.453. The lowest BCUT2D eigenvalue weighted by Crippen LogP contribution is -2.51. The summed E-state index contributed by atoms with van der Waals surface area (Å²) in [6.07, 6.45) is 0.937. The molecule has 0 saturated carbocycles. The molecule has 2 amide bonds. The molecule has 0 saturated heterocycles. The first-order valence-corrected chi connectivity index (χ1v) is 9.23. The summed E-state index contributed by atoms with van der Waals surface area (Å²) in [4.78, 5) is 25.2. The van der Waals surface area contributed by atoms with Crippen LogP contribution in [0, 0.1) is 25.5 Å². The van der Waals surface area contributed by atoms with Crippen molar-refractivity contribution in [1.29, 1.82) is 0 Å². The lowest BCUT2D eigenvalue weighted by Gasteiger charge is -2.24. The van der Waals surface area contributed by atoms with Gasteiger partial charge < -0.3 is 15.4 Å². The van der Waals surface area contributed by atoms with E-state index in [2.05, 4.69) is 11.9 Å². The van der Waals surface area contributed by atoms with Crippen LogP contribution in [0.2, 0.25) is 0 Å². The van der Waals surface area contributed by atoms with E-state index in [1.807, 2.05) is 32.0 Å². The molecular formula is C21H23BF2N2O4. The molecule has 0 radical (unpaired) electrons. The first-order valence-electron chi connectivity index (χ1n) is 9.23. The Bertz CT molecular complexity index is 932. The Morgan fingerprint density at radius 3 is 2.37 bits per heavy atom. The fourth-order valence-corrected chi connectivity index (χ4v) is 3.06. The number of hydrogen-bond donors (Lipinski definition) is 3. The van der Waals surface area contributed by atoms with Gasteiger partial charge in [0, 0.05) is 0 Å². The maximum Gasteiger partial charge on any atom is 0.475 e. The van der Waals surface area contributed by atoms with Crippen LogP contribution in [0.3, 0.4) is 0 Å². The van der Waals surface area contributed by atoms with E-state index < -0.39 is 48.7 Å². The summed E-state index contributed by atoms with van der Waals surface area (Å²) in [7, 11) is -1.89. The summed E-state index contributed by atoms with van der Waals surface area (Å²) >= 11 is 0. The van der Waals surface area contributed by atoms with E-state index >= 15 is 0 Å². The van der Waals surface area contributed by atoms with Gasteiger partial charge in [0.2, 0.25) is 5.91 Å². The minimum absolute atomic E-state index is 0.110. The number of aryl methyl sites for hydroxylation is 2. The van der Waals surface area contributed by atoms with Crippen LogP contribution in [-0.4, -0.2) is 41.5 Å². The fraction of sp³-hybridized carbons (Fsp3) is 0.238. The topological polar surface area (TPSA) is 89.9 Å². The number of anilines is 1. The molecule has 0 unspecified atom stereocenters. The standard InChI is InChI=1S/C21H23BF2N2O4/c1-4-20(28)26(21-16(23)6-5-7-17(21)24)12-19(27)25-18(22(29)30)11-15-9-8-13(2)10-14(15)3/h4-10,18,29-30H,1,11-12H2,2-3H3,(H,25,27)/t18-/m0/s1. The van der Waals surface area contributed by atoms with Gasteiger partial charge in [0.1, 0.15) is 23.9 Å². The molecule has 0 aliphatic heterocycles. The molecule has 9 heteroatoms. The number of halogens is 2. The Kier molecular flexibility index (Phi) is 7.85. The number of hydrogen-bond acceptors (Lipinski definition) is 4. The van der Waals surface area contributed by atoms with Gasteiger partial charge in [-0.2, -0.15) is 0 Å². The van der Waals surface area contributed by atoms with Crippen molar-refractivity contribution < 1.29 is 28.4 Å². The van der Waals surface area contributed by atoms with E-state index in [1.54, 1.807) is 0 Å². The highest BCUT2D eigenvalue weighted by molar-refractivity contribution is 6.43. The fourth-order valence-electron chi connectivity index (χ4n) is 3.06. The molecule has 0 heterocycles. The van der Waals surface area contributed by atoms with E-state index in [4.69, 9.17) is 0 Å². The van der Waals surface area contributed by atoms with E-state index in [0.29, 0.717) is 4.90 Å². The second-order valence-corrected chi connectivity index (χ2v) is 6.92. The molecule has 1 atom stereocenters.